The van der Waals surface area contributed by atoms with Gasteiger partial charge in [0.1, 0.15) is 0 Å². The first-order valence-corrected chi connectivity index (χ1v) is 6.14. The Kier molecular flexibility index (Phi) is 4.56. The van der Waals surface area contributed by atoms with Crippen LogP contribution < -0.4 is 0 Å². The van der Waals surface area contributed by atoms with E-state index in [2.05, 4.69) is 0 Å². The van der Waals surface area contributed by atoms with Gasteiger partial charge >= 0.3 is 12.0 Å². The van der Waals surface area contributed by atoms with Crippen molar-refractivity contribution in [2.45, 2.75) is 13.3 Å². The van der Waals surface area contributed by atoms with Gasteiger partial charge < -0.3 is 19.8 Å². The van der Waals surface area contributed by atoms with Crippen LogP contribution in [0.4, 0.5) is 4.79 Å². The largest absolute Gasteiger partial charge is 0.481 e. The molecule has 1 heterocycles. The van der Waals surface area contributed by atoms with Gasteiger partial charge in [0.15, 0.2) is 0 Å². The van der Waals surface area contributed by atoms with Gasteiger partial charge in [0.2, 0.25) is 0 Å². The number of likely N-dealkylation sites (tertiary alicyclic amines) is 1. The number of nitrogens with zero attached hydrogens (tertiary/aromatic N) is 3. The van der Waals surface area contributed by atoms with Crippen LogP contribution >= 0.6 is 0 Å². The van der Waals surface area contributed by atoms with Crippen molar-refractivity contribution in [3.05, 3.63) is 0 Å². The predicted molar refractivity (Wildman–Crippen MR) is 68.5 cm³/mol. The Morgan fingerprint density at radius 3 is 2.33 bits per heavy atom. The van der Waals surface area contributed by atoms with Gasteiger partial charge in [-0.25, -0.2) is 4.79 Å². The van der Waals surface area contributed by atoms with Crippen molar-refractivity contribution in [3.8, 4) is 0 Å². The summed E-state index contributed by atoms with van der Waals surface area (Å²) >= 11 is 0. The van der Waals surface area contributed by atoms with Crippen molar-refractivity contribution in [3.63, 3.8) is 0 Å². The van der Waals surface area contributed by atoms with Crippen molar-refractivity contribution >= 4 is 12.0 Å². The third-order valence-corrected chi connectivity index (χ3v) is 3.47. The fourth-order valence-corrected chi connectivity index (χ4v) is 1.99. The molecule has 0 aromatic carbocycles. The molecule has 1 unspecified atom stereocenters. The topological polar surface area (TPSA) is 64.1 Å². The number of rotatable bonds is 4. The lowest BCUT2D eigenvalue weighted by Gasteiger charge is -2.26. The summed E-state index contributed by atoms with van der Waals surface area (Å²) in [6, 6.07) is -0.0816. The highest BCUT2D eigenvalue weighted by molar-refractivity contribution is 5.79. The van der Waals surface area contributed by atoms with Crippen LogP contribution in [0.25, 0.3) is 0 Å². The minimum Gasteiger partial charge on any atom is -0.481 e. The average molecular weight is 257 g/mol. The molecule has 104 valence electrons. The molecule has 2 amide bonds. The molecule has 0 spiro atoms. The molecule has 1 atom stereocenters. The fraction of sp³-hybridized carbons (Fsp3) is 0.833. The van der Waals surface area contributed by atoms with Crippen LogP contribution in [0.2, 0.25) is 0 Å². The molecule has 0 aromatic heterocycles. The SMILES string of the molecule is CN(C)CCN(C)C(=O)N1CCC(C)(C(=O)O)C1. The van der Waals surface area contributed by atoms with Crippen molar-refractivity contribution in [2.75, 3.05) is 47.3 Å². The number of hydrogen-bond donors (Lipinski definition) is 1. The number of carbonyl (C=O) groups excluding carboxylic acids is 1. The number of aliphatic carboxylic acids is 1. The van der Waals surface area contributed by atoms with E-state index in [1.165, 1.54) is 0 Å². The van der Waals surface area contributed by atoms with Crippen LogP contribution in [0.15, 0.2) is 0 Å². The van der Waals surface area contributed by atoms with E-state index in [0.717, 1.165) is 6.54 Å². The molecule has 1 N–H and O–H groups in total. The van der Waals surface area contributed by atoms with E-state index in [-0.39, 0.29) is 6.03 Å². The van der Waals surface area contributed by atoms with Gasteiger partial charge in [-0.3, -0.25) is 4.79 Å². The highest BCUT2D eigenvalue weighted by Crippen LogP contribution is 2.30. The Labute approximate surface area is 108 Å². The van der Waals surface area contributed by atoms with Gasteiger partial charge in [-0.05, 0) is 27.4 Å². The van der Waals surface area contributed by atoms with Crippen LogP contribution in [0.5, 0.6) is 0 Å². The number of carboxylic acids is 1. The second-order valence-electron chi connectivity index (χ2n) is 5.54. The minimum atomic E-state index is -0.825. The molecule has 1 aliphatic rings. The molecule has 1 aliphatic heterocycles. The van der Waals surface area contributed by atoms with Crippen LogP contribution in [-0.2, 0) is 4.79 Å². The van der Waals surface area contributed by atoms with Crippen molar-refractivity contribution in [1.82, 2.24) is 14.7 Å². The highest BCUT2D eigenvalue weighted by atomic mass is 16.4. The lowest BCUT2D eigenvalue weighted by Crippen LogP contribution is -2.43. The Morgan fingerprint density at radius 1 is 1.28 bits per heavy atom. The Balaban J connectivity index is 2.52. The fourth-order valence-electron chi connectivity index (χ4n) is 1.99. The molecule has 0 bridgehead atoms. The summed E-state index contributed by atoms with van der Waals surface area (Å²) in [5.41, 5.74) is -0.794. The zero-order valence-electron chi connectivity index (χ0n) is 11.6. The van der Waals surface area contributed by atoms with Crippen molar-refractivity contribution in [2.24, 2.45) is 5.41 Å². The quantitative estimate of drug-likeness (QED) is 0.791. The first kappa shape index (κ1) is 14.8. The second kappa shape index (κ2) is 5.56. The van der Waals surface area contributed by atoms with E-state index in [4.69, 9.17) is 5.11 Å². The molecule has 0 radical (unpaired) electrons. The lowest BCUT2D eigenvalue weighted by atomic mass is 9.90. The molecule has 6 nitrogen and oxygen atoms in total. The van der Waals surface area contributed by atoms with Gasteiger partial charge in [0.05, 0.1) is 5.41 Å². The first-order valence-electron chi connectivity index (χ1n) is 6.14. The lowest BCUT2D eigenvalue weighted by molar-refractivity contribution is -0.147. The Morgan fingerprint density at radius 2 is 1.89 bits per heavy atom. The van der Waals surface area contributed by atoms with Crippen LogP contribution in [0.3, 0.4) is 0 Å². The maximum atomic E-state index is 12.1. The maximum absolute atomic E-state index is 12.1. The number of likely N-dealkylation sites (N-methyl/N-ethyl adjacent to an activating group) is 2. The van der Waals surface area contributed by atoms with E-state index in [1.807, 2.05) is 19.0 Å². The summed E-state index contributed by atoms with van der Waals surface area (Å²) in [5, 5.41) is 9.13. The van der Waals surface area contributed by atoms with Crippen LogP contribution in [-0.4, -0.2) is 79.1 Å². The van der Waals surface area contributed by atoms with Gasteiger partial charge in [-0.2, -0.15) is 0 Å². The van der Waals surface area contributed by atoms with E-state index in [0.29, 0.717) is 26.1 Å². The summed E-state index contributed by atoms with van der Waals surface area (Å²) < 4.78 is 0. The molecule has 1 saturated heterocycles. The van der Waals surface area contributed by atoms with Gasteiger partial charge in [0, 0.05) is 33.2 Å². The molecule has 1 fully saturated rings. The Hall–Kier alpha value is -1.30. The third kappa shape index (κ3) is 3.35. The van der Waals surface area contributed by atoms with Crippen molar-refractivity contribution in [1.29, 1.82) is 0 Å². The molecule has 0 aromatic rings. The van der Waals surface area contributed by atoms with Gasteiger partial charge in [0.25, 0.3) is 0 Å². The molecule has 0 saturated carbocycles. The van der Waals surface area contributed by atoms with E-state index in [1.54, 1.807) is 23.8 Å². The summed E-state index contributed by atoms with van der Waals surface area (Å²) in [6.45, 7) is 3.96. The average Bonchev–Trinajstić information content (AvgIpc) is 2.69. The molecule has 6 heteroatoms. The first-order chi connectivity index (χ1) is 8.26. The molecular weight excluding hydrogens is 234 g/mol. The minimum absolute atomic E-state index is 0.0816. The molecule has 1 rings (SSSR count). The van der Waals surface area contributed by atoms with Crippen LogP contribution in [0, 0.1) is 5.41 Å². The number of carbonyl (C=O) groups is 2. The van der Waals surface area contributed by atoms with Crippen LogP contribution in [0.1, 0.15) is 13.3 Å². The number of carboxylic acid groups (broad SMARTS) is 1. The molecular formula is C12H23N3O3. The van der Waals surface area contributed by atoms with Gasteiger partial charge in [-0.15, -0.1) is 0 Å². The summed E-state index contributed by atoms with van der Waals surface area (Å²) in [5.74, 6) is -0.825. The summed E-state index contributed by atoms with van der Waals surface area (Å²) in [4.78, 5) is 28.5. The smallest absolute Gasteiger partial charge is 0.319 e. The summed E-state index contributed by atoms with van der Waals surface area (Å²) in [6.07, 6.45) is 0.523. The number of hydrogen-bond acceptors (Lipinski definition) is 3. The van der Waals surface area contributed by atoms with E-state index in [9.17, 15) is 9.59 Å². The number of urea groups is 1. The zero-order valence-corrected chi connectivity index (χ0v) is 11.6. The van der Waals surface area contributed by atoms with E-state index >= 15 is 0 Å². The van der Waals surface area contributed by atoms with Gasteiger partial charge in [-0.1, -0.05) is 0 Å². The summed E-state index contributed by atoms with van der Waals surface area (Å²) in [7, 11) is 5.66. The highest BCUT2D eigenvalue weighted by Gasteiger charge is 2.42. The zero-order chi connectivity index (χ0) is 13.9. The Bertz CT molecular complexity index is 333. The standard InChI is InChI=1S/C12H23N3O3/c1-12(10(16)17)5-6-15(9-12)11(18)14(4)8-7-13(2)3/h5-9H2,1-4H3,(H,16,17). The number of amides is 2. The third-order valence-electron chi connectivity index (χ3n) is 3.47. The van der Waals surface area contributed by atoms with Crippen molar-refractivity contribution < 1.29 is 14.7 Å². The normalized spacial score (nSPS) is 23.5. The maximum Gasteiger partial charge on any atom is 0.319 e. The molecule has 18 heavy (non-hydrogen) atoms. The predicted octanol–water partition coefficient (Wildman–Crippen LogP) is 0.396. The van der Waals surface area contributed by atoms with E-state index < -0.39 is 11.4 Å². The molecule has 0 aliphatic carbocycles. The second-order valence-corrected chi connectivity index (χ2v) is 5.54. The monoisotopic (exact) mass is 257 g/mol.